The Hall–Kier alpha value is -1.38. The lowest BCUT2D eigenvalue weighted by molar-refractivity contribution is -0.118. The Balaban J connectivity index is 2.21. The summed E-state index contributed by atoms with van der Waals surface area (Å²) in [6.45, 7) is 2.86. The zero-order valence-electron chi connectivity index (χ0n) is 9.19. The molecule has 1 rings (SSSR count). The Morgan fingerprint density at radius 1 is 1.62 bits per heavy atom. The van der Waals surface area contributed by atoms with Crippen LogP contribution >= 0.6 is 11.3 Å². The number of carbonyl (C=O) groups is 1. The fraction of sp³-hybridized carbons (Fsp3) is 0.455. The summed E-state index contributed by atoms with van der Waals surface area (Å²) in [4.78, 5) is 10.6. The number of carbonyl (C=O) groups excluding carboxylic acids is 1. The quantitative estimate of drug-likeness (QED) is 0.736. The molecule has 1 heterocycles. The summed E-state index contributed by atoms with van der Waals surface area (Å²) in [6.07, 6.45) is 0.821. The molecule has 2 N–H and O–H groups in total. The maximum atomic E-state index is 10.6. The predicted molar refractivity (Wildman–Crippen MR) is 64.0 cm³/mol. The zero-order chi connectivity index (χ0) is 11.8. The SMILES string of the molecule is CC(=O)NCCCNC(C#N)c1ccsc1. The summed E-state index contributed by atoms with van der Waals surface area (Å²) in [5, 5.41) is 18.7. The largest absolute Gasteiger partial charge is 0.356 e. The fourth-order valence-corrected chi connectivity index (χ4v) is 1.96. The van der Waals surface area contributed by atoms with Crippen molar-refractivity contribution >= 4 is 17.2 Å². The molecule has 5 heteroatoms. The lowest BCUT2D eigenvalue weighted by Crippen LogP contribution is -2.26. The average molecular weight is 237 g/mol. The van der Waals surface area contributed by atoms with Gasteiger partial charge in [-0.15, -0.1) is 0 Å². The standard InChI is InChI=1S/C11H15N3OS/c1-9(15)13-4-2-5-14-11(7-12)10-3-6-16-8-10/h3,6,8,11,14H,2,4-5H2,1H3,(H,13,15). The van der Waals surface area contributed by atoms with Crippen LogP contribution in [0.4, 0.5) is 0 Å². The van der Waals surface area contributed by atoms with Crippen molar-refractivity contribution in [3.8, 4) is 6.07 Å². The topological polar surface area (TPSA) is 64.9 Å². The van der Waals surface area contributed by atoms with Crippen molar-refractivity contribution in [3.63, 3.8) is 0 Å². The normalized spacial score (nSPS) is 11.8. The van der Waals surface area contributed by atoms with Gasteiger partial charge in [0.15, 0.2) is 0 Å². The smallest absolute Gasteiger partial charge is 0.216 e. The van der Waals surface area contributed by atoms with Gasteiger partial charge in [-0.2, -0.15) is 16.6 Å². The molecule has 0 aliphatic heterocycles. The van der Waals surface area contributed by atoms with Crippen LogP contribution < -0.4 is 10.6 Å². The van der Waals surface area contributed by atoms with Gasteiger partial charge in [0, 0.05) is 13.5 Å². The molecule has 0 aliphatic rings. The molecule has 1 aromatic rings. The molecule has 1 unspecified atom stereocenters. The summed E-state index contributed by atoms with van der Waals surface area (Å²) in [7, 11) is 0. The minimum Gasteiger partial charge on any atom is -0.356 e. The summed E-state index contributed by atoms with van der Waals surface area (Å²) >= 11 is 1.58. The third kappa shape index (κ3) is 4.43. The monoisotopic (exact) mass is 237 g/mol. The van der Waals surface area contributed by atoms with Gasteiger partial charge < -0.3 is 5.32 Å². The van der Waals surface area contributed by atoms with E-state index in [0.717, 1.165) is 12.0 Å². The summed E-state index contributed by atoms with van der Waals surface area (Å²) < 4.78 is 0. The van der Waals surface area contributed by atoms with Crippen LogP contribution in [-0.2, 0) is 4.79 Å². The number of nitrogens with one attached hydrogen (secondary N) is 2. The van der Waals surface area contributed by atoms with Gasteiger partial charge in [0.05, 0.1) is 6.07 Å². The Labute approximate surface area is 99.3 Å². The molecular formula is C11H15N3OS. The molecule has 0 aliphatic carbocycles. The van der Waals surface area contributed by atoms with Gasteiger partial charge >= 0.3 is 0 Å². The first kappa shape index (κ1) is 12.7. The minimum absolute atomic E-state index is 0.0188. The molecule has 0 aromatic carbocycles. The molecular weight excluding hydrogens is 222 g/mol. The first-order valence-corrected chi connectivity index (χ1v) is 6.08. The summed E-state index contributed by atoms with van der Waals surface area (Å²) in [5.41, 5.74) is 1.01. The summed E-state index contributed by atoms with van der Waals surface area (Å²) in [5.74, 6) is -0.0188. The van der Waals surface area contributed by atoms with Crippen molar-refractivity contribution in [2.45, 2.75) is 19.4 Å². The minimum atomic E-state index is -0.247. The average Bonchev–Trinajstić information content (AvgIpc) is 2.76. The lowest BCUT2D eigenvalue weighted by atomic mass is 10.2. The number of nitrogens with zero attached hydrogens (tertiary/aromatic N) is 1. The first-order valence-electron chi connectivity index (χ1n) is 5.13. The third-order valence-corrected chi connectivity index (χ3v) is 2.78. The van der Waals surface area contributed by atoms with Crippen LogP contribution in [0.1, 0.15) is 24.9 Å². The van der Waals surface area contributed by atoms with Crippen molar-refractivity contribution in [1.29, 1.82) is 5.26 Å². The van der Waals surface area contributed by atoms with E-state index in [9.17, 15) is 4.79 Å². The van der Waals surface area contributed by atoms with Gasteiger partial charge in [0.2, 0.25) is 5.91 Å². The van der Waals surface area contributed by atoms with E-state index in [4.69, 9.17) is 5.26 Å². The second-order valence-electron chi connectivity index (χ2n) is 3.41. The van der Waals surface area contributed by atoms with E-state index in [1.54, 1.807) is 11.3 Å². The molecule has 86 valence electrons. The van der Waals surface area contributed by atoms with Gasteiger partial charge in [-0.05, 0) is 35.4 Å². The van der Waals surface area contributed by atoms with Gasteiger partial charge in [0.25, 0.3) is 0 Å². The molecule has 4 nitrogen and oxygen atoms in total. The molecule has 1 atom stereocenters. The van der Waals surface area contributed by atoms with Crippen molar-refractivity contribution in [2.75, 3.05) is 13.1 Å². The molecule has 1 amide bonds. The van der Waals surface area contributed by atoms with E-state index in [0.29, 0.717) is 13.1 Å². The molecule has 0 bridgehead atoms. The van der Waals surface area contributed by atoms with E-state index >= 15 is 0 Å². The number of nitriles is 1. The Kier molecular flexibility index (Phi) is 5.54. The number of hydrogen-bond donors (Lipinski definition) is 2. The molecule has 0 spiro atoms. The number of thiophene rings is 1. The molecule has 0 saturated heterocycles. The van der Waals surface area contributed by atoms with Crippen LogP contribution in [0.5, 0.6) is 0 Å². The Morgan fingerprint density at radius 2 is 2.44 bits per heavy atom. The Bertz CT molecular complexity index is 356. The highest BCUT2D eigenvalue weighted by atomic mass is 32.1. The zero-order valence-corrected chi connectivity index (χ0v) is 10.0. The number of hydrogen-bond acceptors (Lipinski definition) is 4. The maximum Gasteiger partial charge on any atom is 0.216 e. The van der Waals surface area contributed by atoms with Crippen LogP contribution in [0.2, 0.25) is 0 Å². The lowest BCUT2D eigenvalue weighted by Gasteiger charge is -2.09. The Morgan fingerprint density at radius 3 is 3.00 bits per heavy atom. The van der Waals surface area contributed by atoms with E-state index in [1.807, 2.05) is 16.8 Å². The molecule has 1 aromatic heterocycles. The fourth-order valence-electron chi connectivity index (χ4n) is 1.28. The van der Waals surface area contributed by atoms with Gasteiger partial charge in [0.1, 0.15) is 6.04 Å². The second kappa shape index (κ2) is 6.99. The molecule has 0 radical (unpaired) electrons. The predicted octanol–water partition coefficient (Wildman–Crippen LogP) is 1.43. The molecule has 16 heavy (non-hydrogen) atoms. The van der Waals surface area contributed by atoms with Crippen LogP contribution in [0.15, 0.2) is 16.8 Å². The van der Waals surface area contributed by atoms with E-state index < -0.39 is 0 Å². The van der Waals surface area contributed by atoms with Crippen LogP contribution in [-0.4, -0.2) is 19.0 Å². The van der Waals surface area contributed by atoms with E-state index in [2.05, 4.69) is 16.7 Å². The number of rotatable bonds is 6. The van der Waals surface area contributed by atoms with Crippen molar-refractivity contribution < 1.29 is 4.79 Å². The molecule has 0 saturated carbocycles. The highest BCUT2D eigenvalue weighted by Crippen LogP contribution is 2.15. The van der Waals surface area contributed by atoms with Crippen LogP contribution in [0.25, 0.3) is 0 Å². The number of amides is 1. The first-order chi connectivity index (χ1) is 7.74. The van der Waals surface area contributed by atoms with Gasteiger partial charge in [-0.25, -0.2) is 0 Å². The van der Waals surface area contributed by atoms with Crippen molar-refractivity contribution in [1.82, 2.24) is 10.6 Å². The van der Waals surface area contributed by atoms with Crippen LogP contribution in [0.3, 0.4) is 0 Å². The van der Waals surface area contributed by atoms with Crippen LogP contribution in [0, 0.1) is 11.3 Å². The third-order valence-electron chi connectivity index (χ3n) is 2.08. The van der Waals surface area contributed by atoms with Gasteiger partial charge in [-0.1, -0.05) is 0 Å². The highest BCUT2D eigenvalue weighted by Gasteiger charge is 2.08. The van der Waals surface area contributed by atoms with Crippen molar-refractivity contribution in [3.05, 3.63) is 22.4 Å². The van der Waals surface area contributed by atoms with Crippen molar-refractivity contribution in [2.24, 2.45) is 0 Å². The molecule has 0 fully saturated rings. The van der Waals surface area contributed by atoms with E-state index in [1.165, 1.54) is 6.92 Å². The highest BCUT2D eigenvalue weighted by molar-refractivity contribution is 7.08. The van der Waals surface area contributed by atoms with E-state index in [-0.39, 0.29) is 11.9 Å². The maximum absolute atomic E-state index is 10.6. The second-order valence-corrected chi connectivity index (χ2v) is 4.19. The summed E-state index contributed by atoms with van der Waals surface area (Å²) in [6, 6.07) is 3.91. The van der Waals surface area contributed by atoms with Gasteiger partial charge in [-0.3, -0.25) is 10.1 Å².